The van der Waals surface area contributed by atoms with Crippen LogP contribution in [-0.2, 0) is 6.42 Å². The molecule has 0 unspecified atom stereocenters. The maximum Gasteiger partial charge on any atom is 0.133 e. The van der Waals surface area contributed by atoms with Crippen molar-refractivity contribution in [3.63, 3.8) is 0 Å². The van der Waals surface area contributed by atoms with Crippen LogP contribution in [0.4, 0.5) is 0 Å². The Hall–Kier alpha value is -2.07. The summed E-state index contributed by atoms with van der Waals surface area (Å²) in [7, 11) is 0. The van der Waals surface area contributed by atoms with Crippen LogP contribution in [0.25, 0.3) is 22.2 Å². The number of nitrogens with one attached hydrogen (secondary N) is 1. The van der Waals surface area contributed by atoms with Gasteiger partial charge in [0, 0.05) is 22.7 Å². The van der Waals surface area contributed by atoms with Crippen molar-refractivity contribution in [2.75, 3.05) is 0 Å². The first-order valence-corrected chi connectivity index (χ1v) is 7.12. The topological polar surface area (TPSA) is 41.6 Å². The Kier molecular flexibility index (Phi) is 3.56. The van der Waals surface area contributed by atoms with E-state index in [9.17, 15) is 0 Å². The van der Waals surface area contributed by atoms with E-state index < -0.39 is 0 Å². The first-order valence-electron chi connectivity index (χ1n) is 6.72. The van der Waals surface area contributed by atoms with Gasteiger partial charge < -0.3 is 4.98 Å². The quantitative estimate of drug-likeness (QED) is 0.727. The van der Waals surface area contributed by atoms with Crippen LogP contribution in [-0.4, -0.2) is 15.0 Å². The van der Waals surface area contributed by atoms with Gasteiger partial charge in [0.1, 0.15) is 4.64 Å². The molecule has 2 heterocycles. The number of aromatic nitrogens is 3. The molecule has 0 fully saturated rings. The second-order valence-corrected chi connectivity index (χ2v) is 5.07. The minimum Gasteiger partial charge on any atom is -0.346 e. The Labute approximate surface area is 122 Å². The Bertz CT molecular complexity index is 803. The summed E-state index contributed by atoms with van der Waals surface area (Å²) < 4.78 is 0.682. The van der Waals surface area contributed by atoms with Gasteiger partial charge in [-0.1, -0.05) is 43.8 Å². The summed E-state index contributed by atoms with van der Waals surface area (Å²) in [5.41, 5.74) is 4.29. The van der Waals surface area contributed by atoms with Gasteiger partial charge in [-0.05, 0) is 18.6 Å². The highest BCUT2D eigenvalue weighted by Gasteiger charge is 2.10. The molecule has 1 N–H and O–H groups in total. The van der Waals surface area contributed by atoms with Gasteiger partial charge in [0.15, 0.2) is 0 Å². The van der Waals surface area contributed by atoms with Crippen molar-refractivity contribution in [2.24, 2.45) is 0 Å². The van der Waals surface area contributed by atoms with Gasteiger partial charge in [0.05, 0.1) is 17.5 Å². The molecule has 0 saturated heterocycles. The summed E-state index contributed by atoms with van der Waals surface area (Å²) in [6, 6.07) is 10.2. The molecular formula is C16H15N3S. The molecule has 0 aliphatic heterocycles. The largest absolute Gasteiger partial charge is 0.346 e. The summed E-state index contributed by atoms with van der Waals surface area (Å²) in [5.74, 6) is 0. The Morgan fingerprint density at radius 1 is 1.15 bits per heavy atom. The number of rotatable bonds is 3. The van der Waals surface area contributed by atoms with Crippen LogP contribution < -0.4 is 0 Å². The van der Waals surface area contributed by atoms with Crippen LogP contribution in [0.5, 0.6) is 0 Å². The number of nitrogens with zero attached hydrogens (tertiary/aromatic N) is 2. The number of aromatic amines is 1. The van der Waals surface area contributed by atoms with E-state index >= 15 is 0 Å². The predicted octanol–water partition coefficient (Wildman–Crippen LogP) is 4.31. The van der Waals surface area contributed by atoms with Crippen LogP contribution in [0, 0.1) is 4.64 Å². The van der Waals surface area contributed by atoms with Crippen LogP contribution in [0.2, 0.25) is 0 Å². The number of hydrogen-bond donors (Lipinski definition) is 1. The zero-order valence-electron chi connectivity index (χ0n) is 11.3. The van der Waals surface area contributed by atoms with Crippen molar-refractivity contribution in [3.05, 3.63) is 53.1 Å². The molecule has 3 nitrogen and oxygen atoms in total. The SMILES string of the molecule is CCCc1c(-c2cccc3ncccc23)[nH]cnc1=S. The molecule has 0 atom stereocenters. The first kappa shape index (κ1) is 12.9. The second-order valence-electron chi connectivity index (χ2n) is 4.69. The van der Waals surface area contributed by atoms with E-state index in [-0.39, 0.29) is 0 Å². The van der Waals surface area contributed by atoms with Crippen LogP contribution >= 0.6 is 12.2 Å². The van der Waals surface area contributed by atoms with Gasteiger partial charge in [-0.3, -0.25) is 4.98 Å². The van der Waals surface area contributed by atoms with Gasteiger partial charge in [-0.25, -0.2) is 4.98 Å². The lowest BCUT2D eigenvalue weighted by Crippen LogP contribution is -1.97. The zero-order valence-corrected chi connectivity index (χ0v) is 12.1. The van der Waals surface area contributed by atoms with Gasteiger partial charge in [-0.2, -0.15) is 0 Å². The summed E-state index contributed by atoms with van der Waals surface area (Å²) in [6.07, 6.45) is 5.45. The molecule has 0 aliphatic carbocycles. The second kappa shape index (κ2) is 5.51. The van der Waals surface area contributed by atoms with Crippen molar-refractivity contribution >= 4 is 23.1 Å². The summed E-state index contributed by atoms with van der Waals surface area (Å²) in [6.45, 7) is 2.15. The van der Waals surface area contributed by atoms with Crippen molar-refractivity contribution in [3.8, 4) is 11.3 Å². The smallest absolute Gasteiger partial charge is 0.133 e. The summed E-state index contributed by atoms with van der Waals surface area (Å²) >= 11 is 5.38. The standard InChI is InChI=1S/C16H15N3S/c1-2-5-13-15(18-10-19-16(13)20)12-6-3-8-14-11(12)7-4-9-17-14/h3-4,6-10H,2,5H2,1H3,(H,18,19,20). The van der Waals surface area contributed by atoms with Gasteiger partial charge >= 0.3 is 0 Å². The highest BCUT2D eigenvalue weighted by atomic mass is 32.1. The molecule has 0 spiro atoms. The molecule has 20 heavy (non-hydrogen) atoms. The van der Waals surface area contributed by atoms with Crippen molar-refractivity contribution in [2.45, 2.75) is 19.8 Å². The Morgan fingerprint density at radius 2 is 2.05 bits per heavy atom. The third kappa shape index (κ3) is 2.23. The number of H-pyrrole nitrogens is 1. The molecule has 3 rings (SSSR count). The minimum atomic E-state index is 0.682. The van der Waals surface area contributed by atoms with E-state index in [1.807, 2.05) is 24.4 Å². The van der Waals surface area contributed by atoms with Gasteiger partial charge in [-0.15, -0.1) is 0 Å². The van der Waals surface area contributed by atoms with Gasteiger partial charge in [0.25, 0.3) is 0 Å². The highest BCUT2D eigenvalue weighted by Crippen LogP contribution is 2.29. The molecule has 0 saturated carbocycles. The van der Waals surface area contributed by atoms with E-state index in [1.165, 1.54) is 0 Å². The normalized spacial score (nSPS) is 10.8. The third-order valence-electron chi connectivity index (χ3n) is 3.37. The van der Waals surface area contributed by atoms with Crippen LogP contribution in [0.3, 0.4) is 0 Å². The molecule has 4 heteroatoms. The van der Waals surface area contributed by atoms with Crippen molar-refractivity contribution in [1.82, 2.24) is 15.0 Å². The summed E-state index contributed by atoms with van der Waals surface area (Å²) in [5, 5.41) is 1.13. The maximum atomic E-state index is 5.38. The van der Waals surface area contributed by atoms with E-state index in [0.29, 0.717) is 4.64 Å². The van der Waals surface area contributed by atoms with Crippen molar-refractivity contribution < 1.29 is 0 Å². The Balaban J connectivity index is 2.31. The fraction of sp³-hybridized carbons (Fsp3) is 0.188. The number of hydrogen-bond acceptors (Lipinski definition) is 3. The lowest BCUT2D eigenvalue weighted by atomic mass is 10.00. The average molecular weight is 281 g/mol. The minimum absolute atomic E-state index is 0.682. The van der Waals surface area contributed by atoms with E-state index in [4.69, 9.17) is 12.2 Å². The first-order chi connectivity index (χ1) is 9.81. The van der Waals surface area contributed by atoms with Crippen molar-refractivity contribution in [1.29, 1.82) is 0 Å². The third-order valence-corrected chi connectivity index (χ3v) is 3.72. The molecule has 0 bridgehead atoms. The van der Waals surface area contributed by atoms with Gasteiger partial charge in [0.2, 0.25) is 0 Å². The highest BCUT2D eigenvalue weighted by molar-refractivity contribution is 7.71. The molecular weight excluding hydrogens is 266 g/mol. The lowest BCUT2D eigenvalue weighted by molar-refractivity contribution is 0.899. The molecule has 100 valence electrons. The number of pyridine rings is 1. The lowest BCUT2D eigenvalue weighted by Gasteiger charge is -2.11. The average Bonchev–Trinajstić information content (AvgIpc) is 2.49. The fourth-order valence-electron chi connectivity index (χ4n) is 2.47. The number of fused-ring (bicyclic) bond motifs is 1. The molecule has 0 amide bonds. The molecule has 0 radical (unpaired) electrons. The molecule has 0 aliphatic rings. The van der Waals surface area contributed by atoms with E-state index in [0.717, 1.165) is 40.6 Å². The van der Waals surface area contributed by atoms with Crippen LogP contribution in [0.15, 0.2) is 42.9 Å². The van der Waals surface area contributed by atoms with Crippen LogP contribution in [0.1, 0.15) is 18.9 Å². The molecule has 1 aromatic carbocycles. The van der Waals surface area contributed by atoms with E-state index in [1.54, 1.807) is 6.33 Å². The number of benzene rings is 1. The Morgan fingerprint density at radius 3 is 2.90 bits per heavy atom. The zero-order chi connectivity index (χ0) is 13.9. The fourth-order valence-corrected chi connectivity index (χ4v) is 2.73. The molecule has 3 aromatic rings. The predicted molar refractivity (Wildman–Crippen MR) is 84.2 cm³/mol. The molecule has 2 aromatic heterocycles. The summed E-state index contributed by atoms with van der Waals surface area (Å²) in [4.78, 5) is 11.9. The monoisotopic (exact) mass is 281 g/mol. The maximum absolute atomic E-state index is 5.38. The van der Waals surface area contributed by atoms with E-state index in [2.05, 4.69) is 34.0 Å².